The number of aliphatic hydroxyl groups excluding tert-OH is 1. The van der Waals surface area contributed by atoms with Crippen LogP contribution in [0, 0.1) is 5.41 Å². The first-order valence-corrected chi connectivity index (χ1v) is 19.2. The number of cyclic esters (lactones) is 3. The Morgan fingerprint density at radius 1 is 0.655 bits per heavy atom. The molecule has 3 saturated heterocycles. The van der Waals surface area contributed by atoms with Gasteiger partial charge in [-0.2, -0.15) is 0 Å². The molecule has 16 nitrogen and oxygen atoms in total. The minimum absolute atomic E-state index is 0.0497. The number of rotatable bonds is 7. The molecule has 0 radical (unpaired) electrons. The van der Waals surface area contributed by atoms with Crippen molar-refractivity contribution in [2.45, 2.75) is 144 Å². The molecular weight excluding hydrogens is 760 g/mol. The number of hydrogen-bond acceptors (Lipinski definition) is 16. The number of ether oxygens (including phenoxy) is 11. The smallest absolute Gasteiger partial charge is 0.338 e. The van der Waals surface area contributed by atoms with Gasteiger partial charge in [0.05, 0.1) is 42.0 Å². The number of benzene rings is 1. The van der Waals surface area contributed by atoms with Gasteiger partial charge in [-0.15, -0.1) is 0 Å². The highest BCUT2D eigenvalue weighted by molar-refractivity contribution is 5.92. The second-order valence-corrected chi connectivity index (χ2v) is 17.0. The van der Waals surface area contributed by atoms with Crippen molar-refractivity contribution in [1.29, 1.82) is 0 Å². The average molecular weight is 817 g/mol. The average Bonchev–Trinajstić information content (AvgIpc) is 3.97. The predicted octanol–water partition coefficient (Wildman–Crippen LogP) is 5.38. The Balaban J connectivity index is 0.000000169. The third-order valence-corrected chi connectivity index (χ3v) is 9.69. The summed E-state index contributed by atoms with van der Waals surface area (Å²) in [5, 5.41) is 9.66. The van der Waals surface area contributed by atoms with Gasteiger partial charge in [0, 0.05) is 0 Å². The Kier molecular flexibility index (Phi) is 13.2. The summed E-state index contributed by atoms with van der Waals surface area (Å²) in [7, 11) is 0. The normalized spacial score (nSPS) is 29.7. The fraction of sp³-hybridized carbons (Fsp3) is 0.619. The summed E-state index contributed by atoms with van der Waals surface area (Å²) < 4.78 is 60.3. The van der Waals surface area contributed by atoms with Crippen LogP contribution in [0.15, 0.2) is 64.3 Å². The van der Waals surface area contributed by atoms with Crippen molar-refractivity contribution in [2.24, 2.45) is 5.41 Å². The number of esters is 4. The zero-order chi connectivity index (χ0) is 43.0. The Bertz CT molecular complexity index is 1830. The van der Waals surface area contributed by atoms with Crippen LogP contribution in [0.2, 0.25) is 0 Å². The molecule has 0 aliphatic carbocycles. The summed E-state index contributed by atoms with van der Waals surface area (Å²) in [6.45, 7) is 22.2. The molecule has 3 fully saturated rings. The van der Waals surface area contributed by atoms with Gasteiger partial charge in [-0.1, -0.05) is 30.3 Å². The molecule has 58 heavy (non-hydrogen) atoms. The third-order valence-electron chi connectivity index (χ3n) is 9.69. The monoisotopic (exact) mass is 816 g/mol. The molecule has 1 aromatic carbocycles. The molecule has 0 spiro atoms. The van der Waals surface area contributed by atoms with Gasteiger partial charge in [0.2, 0.25) is 0 Å². The Labute approximate surface area is 338 Å². The van der Waals surface area contributed by atoms with Crippen LogP contribution in [0.4, 0.5) is 0 Å². The first-order valence-electron chi connectivity index (χ1n) is 19.2. The minimum Gasteiger partial charge on any atom is -0.508 e. The van der Waals surface area contributed by atoms with E-state index in [0.29, 0.717) is 36.7 Å². The second kappa shape index (κ2) is 17.1. The van der Waals surface area contributed by atoms with Crippen molar-refractivity contribution in [1.82, 2.24) is 0 Å². The first-order chi connectivity index (χ1) is 26.9. The fourth-order valence-electron chi connectivity index (χ4n) is 6.37. The molecule has 0 amide bonds. The molecule has 0 aromatic heterocycles. The number of carbonyl (C=O) groups is 4. The van der Waals surface area contributed by atoms with Crippen molar-refractivity contribution < 1.29 is 76.4 Å². The van der Waals surface area contributed by atoms with Crippen LogP contribution in [-0.4, -0.2) is 103 Å². The molecule has 0 unspecified atom stereocenters. The molecule has 0 saturated carbocycles. The second-order valence-electron chi connectivity index (χ2n) is 17.0. The van der Waals surface area contributed by atoms with E-state index < -0.39 is 71.2 Å². The van der Waals surface area contributed by atoms with Crippen molar-refractivity contribution in [2.75, 3.05) is 19.8 Å². The Morgan fingerprint density at radius 2 is 1.05 bits per heavy atom. The summed E-state index contributed by atoms with van der Waals surface area (Å²) in [5.74, 6) is -3.15. The van der Waals surface area contributed by atoms with E-state index in [2.05, 4.69) is 0 Å². The van der Waals surface area contributed by atoms with Gasteiger partial charge in [0.1, 0.15) is 30.7 Å². The maximum absolute atomic E-state index is 12.1. The molecule has 1 aromatic rings. The van der Waals surface area contributed by atoms with Crippen molar-refractivity contribution >= 4 is 23.9 Å². The molecule has 6 aliphatic rings. The fourth-order valence-corrected chi connectivity index (χ4v) is 6.37. The van der Waals surface area contributed by atoms with Crippen LogP contribution >= 0.6 is 0 Å². The van der Waals surface area contributed by atoms with Gasteiger partial charge in [0.25, 0.3) is 0 Å². The van der Waals surface area contributed by atoms with Gasteiger partial charge in [-0.3, -0.25) is 4.79 Å². The lowest BCUT2D eigenvalue weighted by atomic mass is 9.97. The van der Waals surface area contributed by atoms with Gasteiger partial charge in [-0.05, 0) is 88.6 Å². The number of hydrogen-bond donors (Lipinski definition) is 1. The number of aliphatic hydroxyl groups is 1. The molecule has 6 atom stereocenters. The van der Waals surface area contributed by atoms with E-state index in [0.717, 1.165) is 5.56 Å². The summed E-state index contributed by atoms with van der Waals surface area (Å²) in [6.07, 6.45) is -3.27. The molecule has 320 valence electrons. The van der Waals surface area contributed by atoms with E-state index in [4.69, 9.17) is 52.1 Å². The standard InChI is InChI=1S/C17H20O5.C15H22O6.C10H14O5/c1-11-14(19-9-12-7-5-4-6-8-12)15(21-16(11)18)13-10-20-17(2,3)22-13;1-8-10(20-13(17)14(2,3)4)11(19-12(8)16)9-7-18-15(5,6)21-9;1-5-7(11)8(14-9(5)12)6-4-13-10(2,3)15-6/h4-8,13,15H,9-10H2,1-3H3;9,11H,7H2,1-6H3;6,8,11H,4H2,1-3H3/t13-,15+;9-,11+;6-,8+/m000/s1. The van der Waals surface area contributed by atoms with Crippen molar-refractivity contribution in [3.63, 3.8) is 0 Å². The summed E-state index contributed by atoms with van der Waals surface area (Å²) in [4.78, 5) is 46.9. The van der Waals surface area contributed by atoms with E-state index in [1.807, 2.05) is 44.2 Å². The molecule has 1 N–H and O–H groups in total. The zero-order valence-corrected chi connectivity index (χ0v) is 35.3. The molecule has 7 rings (SSSR count). The van der Waals surface area contributed by atoms with Gasteiger partial charge in [-0.25, -0.2) is 14.4 Å². The quantitative estimate of drug-likeness (QED) is 0.273. The van der Waals surface area contributed by atoms with Crippen molar-refractivity contribution in [3.05, 3.63) is 69.9 Å². The highest BCUT2D eigenvalue weighted by atomic mass is 16.8. The maximum atomic E-state index is 12.1. The lowest BCUT2D eigenvalue weighted by molar-refractivity contribution is -0.166. The van der Waals surface area contributed by atoms with Crippen LogP contribution in [0.1, 0.15) is 88.6 Å². The SMILES string of the molecule is CC1=C(O)[C@@H]([C@@H]2COC(C)(C)O2)OC1=O.CC1=C(OC(=O)C(C)(C)C)[C@@H]([C@@H]2COC(C)(C)O2)OC1=O.CC1=C(OCc2ccccc2)[C@@H]([C@@H]2COC(C)(C)O2)OC1=O. The van der Waals surface area contributed by atoms with Gasteiger partial charge in [0.15, 0.2) is 47.2 Å². The van der Waals surface area contributed by atoms with E-state index in [-0.39, 0.29) is 35.8 Å². The number of carbonyl (C=O) groups excluding carboxylic acids is 4. The summed E-state index contributed by atoms with van der Waals surface area (Å²) >= 11 is 0. The van der Waals surface area contributed by atoms with Crippen LogP contribution in [0.3, 0.4) is 0 Å². The third kappa shape index (κ3) is 10.6. The molecule has 16 heteroatoms. The molecule has 6 aliphatic heterocycles. The van der Waals surface area contributed by atoms with E-state index >= 15 is 0 Å². The van der Waals surface area contributed by atoms with Crippen LogP contribution in [0.5, 0.6) is 0 Å². The van der Waals surface area contributed by atoms with E-state index in [1.54, 1.807) is 62.3 Å². The zero-order valence-electron chi connectivity index (χ0n) is 35.3. The van der Waals surface area contributed by atoms with E-state index in [1.165, 1.54) is 6.92 Å². The lowest BCUT2D eigenvalue weighted by Crippen LogP contribution is -2.35. The predicted molar refractivity (Wildman–Crippen MR) is 202 cm³/mol. The maximum Gasteiger partial charge on any atom is 0.338 e. The molecule has 0 bridgehead atoms. The Morgan fingerprint density at radius 3 is 1.45 bits per heavy atom. The van der Waals surface area contributed by atoms with Gasteiger partial charge >= 0.3 is 23.9 Å². The first kappa shape index (κ1) is 44.8. The highest BCUT2D eigenvalue weighted by Gasteiger charge is 2.49. The Hall–Kier alpha value is -4.32. The molecule has 6 heterocycles. The lowest BCUT2D eigenvalue weighted by Gasteiger charge is -2.23. The summed E-state index contributed by atoms with van der Waals surface area (Å²) in [6, 6.07) is 9.79. The van der Waals surface area contributed by atoms with E-state index in [9.17, 15) is 24.3 Å². The van der Waals surface area contributed by atoms with Crippen LogP contribution in [-0.2, 0) is 77.9 Å². The largest absolute Gasteiger partial charge is 0.508 e. The topological polar surface area (TPSA) is 190 Å². The van der Waals surface area contributed by atoms with Gasteiger partial charge < -0.3 is 57.2 Å². The minimum atomic E-state index is -0.745. The van der Waals surface area contributed by atoms with Crippen LogP contribution < -0.4 is 0 Å². The molecular formula is C42H56O16. The summed E-state index contributed by atoms with van der Waals surface area (Å²) in [5.41, 5.74) is 1.40. The van der Waals surface area contributed by atoms with Crippen LogP contribution in [0.25, 0.3) is 0 Å². The highest BCUT2D eigenvalue weighted by Crippen LogP contribution is 2.36. The van der Waals surface area contributed by atoms with Crippen molar-refractivity contribution in [3.8, 4) is 0 Å².